The molecule has 0 fully saturated rings. The molecule has 0 aromatic heterocycles. The molecule has 0 aliphatic carbocycles. The molecule has 0 unspecified atom stereocenters. The summed E-state index contributed by atoms with van der Waals surface area (Å²) in [6.07, 6.45) is 1.23. The summed E-state index contributed by atoms with van der Waals surface area (Å²) in [6, 6.07) is 10.7. The molecule has 2 amide bonds. The van der Waals surface area contributed by atoms with E-state index in [1.165, 1.54) is 0 Å². The molecule has 0 aliphatic rings. The van der Waals surface area contributed by atoms with Crippen LogP contribution in [-0.2, 0) is 16.0 Å². The number of nitrogens with one attached hydrogen (secondary N) is 2. The van der Waals surface area contributed by atoms with Crippen molar-refractivity contribution < 1.29 is 23.8 Å². The van der Waals surface area contributed by atoms with Gasteiger partial charge in [0.15, 0.2) is 11.5 Å². The molecule has 0 aliphatic heterocycles. The van der Waals surface area contributed by atoms with Gasteiger partial charge in [-0.05, 0) is 48.2 Å². The van der Waals surface area contributed by atoms with Crippen LogP contribution in [-0.4, -0.2) is 33.1 Å². The molecule has 0 saturated carbocycles. The second kappa shape index (κ2) is 11.1. The van der Waals surface area contributed by atoms with Gasteiger partial charge in [-0.3, -0.25) is 9.59 Å². The maximum atomic E-state index is 12.4. The zero-order valence-corrected chi connectivity index (χ0v) is 18.2. The van der Waals surface area contributed by atoms with Crippen LogP contribution in [0.4, 0.5) is 11.4 Å². The predicted molar refractivity (Wildman–Crippen MR) is 118 cm³/mol. The van der Waals surface area contributed by atoms with Crippen molar-refractivity contribution >= 4 is 23.2 Å². The molecular formula is C23H30N2O5. The van der Waals surface area contributed by atoms with Crippen LogP contribution in [0, 0.1) is 5.92 Å². The number of rotatable bonds is 10. The van der Waals surface area contributed by atoms with Crippen LogP contribution in [0.1, 0.15) is 32.3 Å². The van der Waals surface area contributed by atoms with E-state index in [0.29, 0.717) is 47.4 Å². The Kier molecular flexibility index (Phi) is 8.53. The van der Waals surface area contributed by atoms with Gasteiger partial charge in [0.2, 0.25) is 17.6 Å². The van der Waals surface area contributed by atoms with E-state index in [2.05, 4.69) is 10.6 Å². The lowest BCUT2D eigenvalue weighted by molar-refractivity contribution is -0.117. The van der Waals surface area contributed by atoms with E-state index < -0.39 is 0 Å². The third-order valence-corrected chi connectivity index (χ3v) is 4.45. The number of amides is 2. The molecule has 2 N–H and O–H groups in total. The van der Waals surface area contributed by atoms with E-state index in [4.69, 9.17) is 14.2 Å². The normalized spacial score (nSPS) is 10.5. The van der Waals surface area contributed by atoms with Gasteiger partial charge < -0.3 is 24.8 Å². The van der Waals surface area contributed by atoms with Crippen molar-refractivity contribution in [3.63, 3.8) is 0 Å². The highest BCUT2D eigenvalue weighted by atomic mass is 16.5. The summed E-state index contributed by atoms with van der Waals surface area (Å²) >= 11 is 0. The van der Waals surface area contributed by atoms with Crippen molar-refractivity contribution in [3.8, 4) is 17.2 Å². The molecule has 2 aromatic rings. The molecule has 0 saturated heterocycles. The largest absolute Gasteiger partial charge is 0.493 e. The molecule has 0 bridgehead atoms. The second-order valence-electron chi connectivity index (χ2n) is 7.27. The average Bonchev–Trinajstić information content (AvgIpc) is 2.72. The first-order valence-corrected chi connectivity index (χ1v) is 9.85. The highest BCUT2D eigenvalue weighted by molar-refractivity contribution is 5.93. The quantitative estimate of drug-likeness (QED) is 0.606. The van der Waals surface area contributed by atoms with Gasteiger partial charge >= 0.3 is 0 Å². The molecule has 162 valence electrons. The fourth-order valence-corrected chi connectivity index (χ4v) is 3.05. The van der Waals surface area contributed by atoms with Crippen LogP contribution in [0.2, 0.25) is 0 Å². The maximum absolute atomic E-state index is 12.4. The van der Waals surface area contributed by atoms with Crippen LogP contribution in [0.5, 0.6) is 17.2 Å². The van der Waals surface area contributed by atoms with Crippen LogP contribution in [0.25, 0.3) is 0 Å². The Hall–Kier alpha value is -3.22. The van der Waals surface area contributed by atoms with E-state index in [0.717, 1.165) is 5.56 Å². The average molecular weight is 415 g/mol. The van der Waals surface area contributed by atoms with E-state index in [9.17, 15) is 9.59 Å². The van der Waals surface area contributed by atoms with Gasteiger partial charge in [-0.25, -0.2) is 0 Å². The number of aryl methyl sites for hydroxylation is 1. The molecule has 30 heavy (non-hydrogen) atoms. The van der Waals surface area contributed by atoms with Gasteiger partial charge in [0.05, 0.1) is 21.3 Å². The number of methoxy groups -OCH3 is 3. The van der Waals surface area contributed by atoms with Gasteiger partial charge in [-0.15, -0.1) is 0 Å². The Morgan fingerprint density at radius 2 is 1.37 bits per heavy atom. The minimum atomic E-state index is -0.122. The first kappa shape index (κ1) is 23.1. The van der Waals surface area contributed by atoms with Gasteiger partial charge in [0, 0.05) is 24.2 Å². The summed E-state index contributed by atoms with van der Waals surface area (Å²) in [4.78, 5) is 24.2. The van der Waals surface area contributed by atoms with Crippen molar-refractivity contribution in [1.29, 1.82) is 0 Å². The third kappa shape index (κ3) is 6.40. The Bertz CT molecular complexity index is 863. The summed E-state index contributed by atoms with van der Waals surface area (Å²) in [5.74, 6) is 1.80. The molecule has 0 spiro atoms. The second-order valence-corrected chi connectivity index (χ2v) is 7.27. The van der Waals surface area contributed by atoms with Crippen molar-refractivity contribution in [3.05, 3.63) is 42.0 Å². The third-order valence-electron chi connectivity index (χ3n) is 4.45. The number of hydrogen-bond acceptors (Lipinski definition) is 5. The van der Waals surface area contributed by atoms with Crippen LogP contribution in [0.3, 0.4) is 0 Å². The minimum absolute atomic E-state index is 0.0225. The number of anilines is 2. The predicted octanol–water partition coefficient (Wildman–Crippen LogP) is 4.27. The van der Waals surface area contributed by atoms with Gasteiger partial charge in [0.1, 0.15) is 0 Å². The van der Waals surface area contributed by atoms with E-state index in [-0.39, 0.29) is 18.2 Å². The lowest BCUT2D eigenvalue weighted by Crippen LogP contribution is -2.14. The molecule has 2 rings (SSSR count). The van der Waals surface area contributed by atoms with Crippen molar-refractivity contribution in [2.24, 2.45) is 5.92 Å². The van der Waals surface area contributed by atoms with Crippen molar-refractivity contribution in [2.75, 3.05) is 32.0 Å². The minimum Gasteiger partial charge on any atom is -0.493 e. The zero-order valence-electron chi connectivity index (χ0n) is 18.2. The van der Waals surface area contributed by atoms with Gasteiger partial charge in [0.25, 0.3) is 0 Å². The fraction of sp³-hybridized carbons (Fsp3) is 0.391. The molecule has 7 nitrogen and oxygen atoms in total. The lowest BCUT2D eigenvalue weighted by Gasteiger charge is -2.15. The number of ether oxygens (including phenoxy) is 3. The van der Waals surface area contributed by atoms with Crippen molar-refractivity contribution in [2.45, 2.75) is 33.1 Å². The number of benzene rings is 2. The molecule has 0 heterocycles. The van der Waals surface area contributed by atoms with Gasteiger partial charge in [-0.1, -0.05) is 19.9 Å². The Balaban J connectivity index is 1.94. The number of carbonyl (C=O) groups is 2. The SMILES string of the molecule is COc1ccc(CCC(=O)Nc2ccc(NC(=O)CC(C)C)cc2)c(OC)c1OC. The highest BCUT2D eigenvalue weighted by Gasteiger charge is 2.16. The molecular weight excluding hydrogens is 384 g/mol. The maximum Gasteiger partial charge on any atom is 0.224 e. The van der Waals surface area contributed by atoms with E-state index in [1.807, 2.05) is 19.9 Å². The van der Waals surface area contributed by atoms with E-state index in [1.54, 1.807) is 51.7 Å². The summed E-state index contributed by atoms with van der Waals surface area (Å²) in [5, 5.41) is 5.71. The Labute approximate surface area is 177 Å². The molecule has 0 atom stereocenters. The fourth-order valence-electron chi connectivity index (χ4n) is 3.05. The van der Waals surface area contributed by atoms with Crippen LogP contribution in [0.15, 0.2) is 36.4 Å². The first-order valence-electron chi connectivity index (χ1n) is 9.85. The molecule has 0 radical (unpaired) electrons. The summed E-state index contributed by atoms with van der Waals surface area (Å²) in [5.41, 5.74) is 2.23. The topological polar surface area (TPSA) is 85.9 Å². The Morgan fingerprint density at radius 3 is 1.87 bits per heavy atom. The summed E-state index contributed by atoms with van der Waals surface area (Å²) in [7, 11) is 4.67. The monoisotopic (exact) mass is 414 g/mol. The van der Waals surface area contributed by atoms with Crippen molar-refractivity contribution in [1.82, 2.24) is 0 Å². The standard InChI is InChI=1S/C23H30N2O5/c1-15(2)14-21(27)25-18-10-8-17(9-11-18)24-20(26)13-7-16-6-12-19(28-3)23(30-5)22(16)29-4/h6,8-12,15H,7,13-14H2,1-5H3,(H,24,26)(H,25,27). The lowest BCUT2D eigenvalue weighted by atomic mass is 10.1. The molecule has 2 aromatic carbocycles. The van der Waals surface area contributed by atoms with Crippen LogP contribution < -0.4 is 24.8 Å². The Morgan fingerprint density at radius 1 is 0.800 bits per heavy atom. The summed E-state index contributed by atoms with van der Waals surface area (Å²) < 4.78 is 16.1. The van der Waals surface area contributed by atoms with Gasteiger partial charge in [-0.2, -0.15) is 0 Å². The van der Waals surface area contributed by atoms with Crippen LogP contribution >= 0.6 is 0 Å². The van der Waals surface area contributed by atoms with E-state index >= 15 is 0 Å². The number of hydrogen-bond donors (Lipinski definition) is 2. The summed E-state index contributed by atoms with van der Waals surface area (Å²) in [6.45, 7) is 3.99. The number of carbonyl (C=O) groups excluding carboxylic acids is 2. The zero-order chi connectivity index (χ0) is 22.1. The smallest absolute Gasteiger partial charge is 0.224 e. The first-order chi connectivity index (χ1) is 14.4. The highest BCUT2D eigenvalue weighted by Crippen LogP contribution is 2.40. The molecule has 7 heteroatoms.